The quantitative estimate of drug-likeness (QED) is 0.546. The highest BCUT2D eigenvalue weighted by atomic mass is 32.2. The summed E-state index contributed by atoms with van der Waals surface area (Å²) in [6.07, 6.45) is 4.83. The summed E-state index contributed by atoms with van der Waals surface area (Å²) < 4.78 is 29.1. The Morgan fingerprint density at radius 1 is 1.32 bits per heavy atom. The maximum absolute atomic E-state index is 12.3. The number of pyridine rings is 1. The molecule has 1 aromatic heterocycles. The third-order valence-corrected chi connectivity index (χ3v) is 6.57. The van der Waals surface area contributed by atoms with Crippen molar-refractivity contribution < 1.29 is 13.2 Å². The lowest BCUT2D eigenvalue weighted by atomic mass is 9.99. The van der Waals surface area contributed by atoms with E-state index < -0.39 is 14.6 Å². The number of aliphatic imine (C=N–C) groups is 1. The van der Waals surface area contributed by atoms with E-state index >= 15 is 0 Å². The molecule has 0 amide bonds. The lowest BCUT2D eigenvalue weighted by Crippen LogP contribution is -2.47. The Bertz CT molecular complexity index is 656. The van der Waals surface area contributed by atoms with Crippen LogP contribution in [0.5, 0.6) is 0 Å². The van der Waals surface area contributed by atoms with E-state index in [9.17, 15) is 8.42 Å². The summed E-state index contributed by atoms with van der Waals surface area (Å²) in [5, 5.41) is 6.42. The van der Waals surface area contributed by atoms with Gasteiger partial charge in [0.15, 0.2) is 15.8 Å². The van der Waals surface area contributed by atoms with Crippen molar-refractivity contribution in [2.75, 3.05) is 39.1 Å². The second kappa shape index (κ2) is 9.15. The van der Waals surface area contributed by atoms with Crippen LogP contribution < -0.4 is 10.6 Å². The van der Waals surface area contributed by atoms with Crippen LogP contribution in [0, 0.1) is 0 Å². The molecule has 0 aromatic carbocycles. The van der Waals surface area contributed by atoms with Crippen LogP contribution in [0.25, 0.3) is 0 Å². The zero-order valence-electron chi connectivity index (χ0n) is 15.0. The summed E-state index contributed by atoms with van der Waals surface area (Å²) in [6, 6.07) is 5.83. The van der Waals surface area contributed by atoms with Crippen LogP contribution in [0.2, 0.25) is 0 Å². The lowest BCUT2D eigenvalue weighted by Gasteiger charge is -2.34. The predicted molar refractivity (Wildman–Crippen MR) is 99.6 cm³/mol. The fraction of sp³-hybridized carbons (Fsp3) is 0.647. The molecule has 0 aliphatic carbocycles. The first-order valence-corrected chi connectivity index (χ1v) is 10.6. The Balaban J connectivity index is 1.99. The fourth-order valence-electron chi connectivity index (χ4n) is 2.81. The van der Waals surface area contributed by atoms with Crippen molar-refractivity contribution in [1.29, 1.82) is 0 Å². The Hall–Kier alpha value is -1.67. The van der Waals surface area contributed by atoms with Crippen molar-refractivity contribution in [2.24, 2.45) is 4.99 Å². The predicted octanol–water partition coefficient (Wildman–Crippen LogP) is 0.773. The van der Waals surface area contributed by atoms with Gasteiger partial charge >= 0.3 is 0 Å². The number of sulfone groups is 1. The second-order valence-electron chi connectivity index (χ2n) is 6.26. The summed E-state index contributed by atoms with van der Waals surface area (Å²) in [7, 11) is -3.21. The Kier molecular flexibility index (Phi) is 7.19. The topological polar surface area (TPSA) is 92.7 Å². The van der Waals surface area contributed by atoms with Crippen molar-refractivity contribution >= 4 is 15.8 Å². The number of hydrogen-bond acceptors (Lipinski definition) is 5. The lowest BCUT2D eigenvalue weighted by molar-refractivity contribution is 0.0768. The normalized spacial score (nSPS) is 17.9. The highest BCUT2D eigenvalue weighted by molar-refractivity contribution is 7.92. The van der Waals surface area contributed by atoms with Gasteiger partial charge in [-0.15, -0.1) is 0 Å². The molecule has 2 rings (SSSR count). The van der Waals surface area contributed by atoms with Gasteiger partial charge in [-0.25, -0.2) is 8.42 Å². The number of nitrogens with one attached hydrogen (secondary N) is 2. The summed E-state index contributed by atoms with van der Waals surface area (Å²) in [4.78, 5) is 8.84. The van der Waals surface area contributed by atoms with E-state index in [1.54, 1.807) is 6.20 Å². The fourth-order valence-corrected chi connectivity index (χ4v) is 4.02. The van der Waals surface area contributed by atoms with Gasteiger partial charge in [0.05, 0.1) is 11.3 Å². The van der Waals surface area contributed by atoms with Gasteiger partial charge in [0.2, 0.25) is 0 Å². The molecule has 1 fully saturated rings. The van der Waals surface area contributed by atoms with E-state index in [4.69, 9.17) is 4.74 Å². The molecule has 1 aromatic rings. The third-order valence-electron chi connectivity index (χ3n) is 4.46. The monoisotopic (exact) mass is 368 g/mol. The molecule has 1 aliphatic heterocycles. The van der Waals surface area contributed by atoms with Crippen LogP contribution in [0.15, 0.2) is 29.4 Å². The maximum Gasteiger partial charge on any atom is 0.191 e. The van der Waals surface area contributed by atoms with Crippen molar-refractivity contribution in [3.05, 3.63) is 30.1 Å². The molecule has 7 nitrogen and oxygen atoms in total. The van der Waals surface area contributed by atoms with Gasteiger partial charge in [-0.3, -0.25) is 9.98 Å². The van der Waals surface area contributed by atoms with E-state index in [2.05, 4.69) is 20.6 Å². The molecule has 0 bridgehead atoms. The standard InChI is InChI=1S/C17H28N4O3S/c1-3-18-16(20-11-7-15-6-4-5-10-19-15)21-14-17(25(2,22)23)8-12-24-13-9-17/h4-6,10H,3,7-9,11-14H2,1-2H3,(H2,18,20,21). The molecule has 1 aliphatic rings. The molecule has 2 heterocycles. The average molecular weight is 369 g/mol. The molecular formula is C17H28N4O3S. The first-order valence-electron chi connectivity index (χ1n) is 8.66. The summed E-state index contributed by atoms with van der Waals surface area (Å²) in [5.41, 5.74) is 1.00. The molecule has 140 valence electrons. The van der Waals surface area contributed by atoms with Crippen molar-refractivity contribution in [2.45, 2.75) is 30.9 Å². The number of rotatable bonds is 7. The zero-order chi connectivity index (χ0) is 18.2. The molecule has 0 saturated carbocycles. The minimum absolute atomic E-state index is 0.244. The Morgan fingerprint density at radius 2 is 2.08 bits per heavy atom. The SMILES string of the molecule is CCNC(=NCC1(S(C)(=O)=O)CCOCC1)NCCc1ccccn1. The maximum atomic E-state index is 12.3. The van der Waals surface area contributed by atoms with Crippen molar-refractivity contribution in [1.82, 2.24) is 15.6 Å². The van der Waals surface area contributed by atoms with Gasteiger partial charge < -0.3 is 15.4 Å². The van der Waals surface area contributed by atoms with Crippen LogP contribution in [0.3, 0.4) is 0 Å². The number of nitrogens with zero attached hydrogens (tertiary/aromatic N) is 2. The molecule has 1 saturated heterocycles. The molecule has 0 spiro atoms. The summed E-state index contributed by atoms with van der Waals surface area (Å²) in [6.45, 7) is 4.55. The number of guanidine groups is 1. The van der Waals surface area contributed by atoms with Gasteiger partial charge in [-0.1, -0.05) is 6.07 Å². The average Bonchev–Trinajstić information content (AvgIpc) is 2.60. The smallest absolute Gasteiger partial charge is 0.191 e. The number of hydrogen-bond donors (Lipinski definition) is 2. The first kappa shape index (κ1) is 19.7. The van der Waals surface area contributed by atoms with E-state index in [1.807, 2.05) is 25.1 Å². The van der Waals surface area contributed by atoms with Gasteiger partial charge in [0.1, 0.15) is 0 Å². The minimum Gasteiger partial charge on any atom is -0.381 e. The van der Waals surface area contributed by atoms with Gasteiger partial charge in [0, 0.05) is 50.9 Å². The van der Waals surface area contributed by atoms with Crippen LogP contribution in [0.1, 0.15) is 25.5 Å². The Morgan fingerprint density at radius 3 is 2.68 bits per heavy atom. The zero-order valence-corrected chi connectivity index (χ0v) is 15.8. The molecule has 25 heavy (non-hydrogen) atoms. The highest BCUT2D eigenvalue weighted by Crippen LogP contribution is 2.29. The van der Waals surface area contributed by atoms with E-state index in [0.717, 1.165) is 12.1 Å². The summed E-state index contributed by atoms with van der Waals surface area (Å²) >= 11 is 0. The third kappa shape index (κ3) is 5.67. The Labute approximate surface area is 150 Å². The van der Waals surface area contributed by atoms with Gasteiger partial charge in [0.25, 0.3) is 0 Å². The molecule has 8 heteroatoms. The van der Waals surface area contributed by atoms with Crippen LogP contribution in [-0.2, 0) is 21.0 Å². The molecule has 2 N–H and O–H groups in total. The van der Waals surface area contributed by atoms with Crippen LogP contribution in [0.4, 0.5) is 0 Å². The molecule has 0 radical (unpaired) electrons. The van der Waals surface area contributed by atoms with Crippen LogP contribution >= 0.6 is 0 Å². The molecular weight excluding hydrogens is 340 g/mol. The molecule has 0 unspecified atom stereocenters. The highest BCUT2D eigenvalue weighted by Gasteiger charge is 2.42. The first-order chi connectivity index (χ1) is 12.0. The molecule has 0 atom stereocenters. The number of aromatic nitrogens is 1. The van der Waals surface area contributed by atoms with Crippen LogP contribution in [-0.4, -0.2) is 63.2 Å². The second-order valence-corrected chi connectivity index (χ2v) is 8.67. The van der Waals surface area contributed by atoms with Gasteiger partial charge in [-0.2, -0.15) is 0 Å². The largest absolute Gasteiger partial charge is 0.381 e. The number of ether oxygens (including phenoxy) is 1. The van der Waals surface area contributed by atoms with Gasteiger partial charge in [-0.05, 0) is 31.9 Å². The van der Waals surface area contributed by atoms with E-state index in [1.165, 1.54) is 6.26 Å². The van der Waals surface area contributed by atoms with Crippen molar-refractivity contribution in [3.8, 4) is 0 Å². The van der Waals surface area contributed by atoms with E-state index in [-0.39, 0.29) is 6.54 Å². The minimum atomic E-state index is -3.21. The van der Waals surface area contributed by atoms with Crippen molar-refractivity contribution in [3.63, 3.8) is 0 Å². The summed E-state index contributed by atoms with van der Waals surface area (Å²) in [5.74, 6) is 0.632. The van der Waals surface area contributed by atoms with E-state index in [0.29, 0.717) is 45.1 Å².